The number of aromatic nitrogens is 2. The molecule has 2 amide bonds. The number of ketones is 2. The van der Waals surface area contributed by atoms with Crippen molar-refractivity contribution in [2.75, 3.05) is 106 Å². The zero-order chi connectivity index (χ0) is 66.9. The van der Waals surface area contributed by atoms with Crippen molar-refractivity contribution in [2.45, 2.75) is 84.0 Å². The van der Waals surface area contributed by atoms with Crippen LogP contribution in [0, 0.1) is 46.7 Å². The summed E-state index contributed by atoms with van der Waals surface area (Å²) in [7, 11) is -6.61. The number of nitrogens with zero attached hydrogens (tertiary/aromatic N) is 4. The number of halogens is 7. The normalized spacial score (nSPS) is 16.7. The molecule has 4 aliphatic rings. The number of H-pyrrole nitrogens is 2. The van der Waals surface area contributed by atoms with Crippen LogP contribution >= 0.6 is 15.9 Å². The number of alkyl halides is 1. The van der Waals surface area contributed by atoms with Gasteiger partial charge in [-0.2, -0.15) is 0 Å². The quantitative estimate of drug-likeness (QED) is 0.0236. The summed E-state index contributed by atoms with van der Waals surface area (Å²) in [6.07, 6.45) is 17.5. The number of hydrogen-bond donors (Lipinski definition) is 5. The lowest BCUT2D eigenvalue weighted by Gasteiger charge is -2.34. The van der Waals surface area contributed by atoms with Crippen molar-refractivity contribution in [1.29, 1.82) is 0 Å². The largest absolute Gasteiger partial charge is 0.361 e. The van der Waals surface area contributed by atoms with E-state index in [1.54, 1.807) is 21.9 Å². The minimum atomic E-state index is -3.37. The zero-order valence-electron chi connectivity index (χ0n) is 52.4. The number of Topliss-reactive ketones (excluding diaryl/α,β-unsaturated/α-hetero) is 2. The monoisotopic (exact) mass is 1390 g/mol. The van der Waals surface area contributed by atoms with Crippen molar-refractivity contribution in [2.24, 2.45) is 11.8 Å². The maximum Gasteiger partial charge on any atom is 0.246 e. The maximum atomic E-state index is 13.4. The number of aromatic amines is 2. The van der Waals surface area contributed by atoms with Crippen LogP contribution in [0.25, 0.3) is 34.0 Å². The van der Waals surface area contributed by atoms with Crippen molar-refractivity contribution in [1.82, 2.24) is 34.9 Å². The van der Waals surface area contributed by atoms with Crippen LogP contribution in [0.5, 0.6) is 0 Å². The molecule has 0 spiro atoms. The highest BCUT2D eigenvalue weighted by atomic mass is 79.9. The van der Waals surface area contributed by atoms with Crippen LogP contribution in [0.4, 0.5) is 37.7 Å². The third kappa shape index (κ3) is 21.1. The van der Waals surface area contributed by atoms with Crippen LogP contribution < -0.4 is 14.8 Å². The first-order chi connectivity index (χ1) is 43.8. The van der Waals surface area contributed by atoms with E-state index in [2.05, 4.69) is 77.4 Å². The summed E-state index contributed by atoms with van der Waals surface area (Å²) >= 11 is 3.13. The molecule has 0 radical (unpaired) electrons. The molecule has 17 nitrogen and oxygen atoms in total. The molecule has 4 saturated heterocycles. The Bertz CT molecular complexity index is 3760. The van der Waals surface area contributed by atoms with E-state index in [4.69, 9.17) is 0 Å². The van der Waals surface area contributed by atoms with Gasteiger partial charge in [0.25, 0.3) is 0 Å². The van der Waals surface area contributed by atoms with E-state index in [-0.39, 0.29) is 46.3 Å². The number of likely N-dealkylation sites (tertiary alicyclic amines) is 3. The molecule has 6 heterocycles. The first-order valence-electron chi connectivity index (χ1n) is 30.9. The molecule has 0 bridgehead atoms. The fraction of sp³-hybridized carbons (Fsp3) is 0.455. The standard InChI is InChI=1S/C30H33F3N4O4S.C16H15BrF3NO2.C14H19N3O2S.C6H15N/c1-42(40,41)35-22-3-4-27-23(16-22)24(17-34-27)20-6-10-36(11-7-20)18-28(38)21-8-12-37(13-9-21)29(39)5-2-19-14-25(31)30(33)26(32)15-19;17-9-14(22)11-3-5-21(6-4-11)15(23)2-1-10-7-12(18)16(20)13(19)8-10;1-20(18,19)17-11-2-3-14-12(8-11)13(9-16-14)10-4-6-15-7-5-10;1-4-7(5-2)6-3/h2-5,14-17,20-21,34-35H,6-13,18H2,1H3;1-2,7-8,11H,3-6,9H2;2-3,8-10,15-17H,4-7H2,1H3;4-6H2,1-3H3/b5-2+;2-1+;;. The topological polar surface area (TPSA) is 217 Å². The molecule has 6 aromatic rings. The summed E-state index contributed by atoms with van der Waals surface area (Å²) in [5.74, 6) is -8.00. The summed E-state index contributed by atoms with van der Waals surface area (Å²) in [5, 5.41) is 5.79. The summed E-state index contributed by atoms with van der Waals surface area (Å²) in [6, 6.07) is 14.4. The molecule has 2 aromatic heterocycles. The Morgan fingerprint density at radius 2 is 0.935 bits per heavy atom. The molecule has 26 heteroatoms. The third-order valence-electron chi connectivity index (χ3n) is 17.1. The van der Waals surface area contributed by atoms with Gasteiger partial charge in [0.1, 0.15) is 11.6 Å². The van der Waals surface area contributed by atoms with Gasteiger partial charge in [-0.05, 0) is 204 Å². The number of benzene rings is 4. The second-order valence-corrected chi connectivity index (χ2v) is 27.5. The highest BCUT2D eigenvalue weighted by molar-refractivity contribution is 9.09. The van der Waals surface area contributed by atoms with Crippen molar-refractivity contribution < 1.29 is 62.4 Å². The van der Waals surface area contributed by atoms with E-state index >= 15 is 0 Å². The third-order valence-corrected chi connectivity index (χ3v) is 18.8. The van der Waals surface area contributed by atoms with Gasteiger partial charge in [-0.15, -0.1) is 0 Å². The van der Waals surface area contributed by atoms with Gasteiger partial charge < -0.3 is 30.0 Å². The Kier molecular flexibility index (Phi) is 26.7. The van der Waals surface area contributed by atoms with Crippen molar-refractivity contribution in [3.8, 4) is 0 Å². The highest BCUT2D eigenvalue weighted by Gasteiger charge is 2.31. The summed E-state index contributed by atoms with van der Waals surface area (Å²) in [6.45, 7) is 15.8. The fourth-order valence-electron chi connectivity index (χ4n) is 11.9. The van der Waals surface area contributed by atoms with Gasteiger partial charge in [0, 0.05) is 95.7 Å². The van der Waals surface area contributed by atoms with Crippen LogP contribution in [0.1, 0.15) is 106 Å². The average Bonchev–Trinajstić information content (AvgIpc) is 1.65. The molecule has 10 rings (SSSR count). The molecule has 0 unspecified atom stereocenters. The molecular weight excluding hydrogens is 1300 g/mol. The number of anilines is 2. The predicted molar refractivity (Wildman–Crippen MR) is 353 cm³/mol. The smallest absolute Gasteiger partial charge is 0.246 e. The number of rotatable bonds is 18. The van der Waals surface area contributed by atoms with Crippen LogP contribution in [-0.4, -0.2) is 166 Å². The van der Waals surface area contributed by atoms with Crippen molar-refractivity contribution in [3.05, 3.63) is 142 Å². The minimum Gasteiger partial charge on any atom is -0.361 e. The van der Waals surface area contributed by atoms with Crippen LogP contribution in [0.2, 0.25) is 0 Å². The Hall–Kier alpha value is -6.84. The summed E-state index contributed by atoms with van der Waals surface area (Å²) in [5.41, 5.74) is 5.70. The zero-order valence-corrected chi connectivity index (χ0v) is 55.6. The van der Waals surface area contributed by atoms with E-state index in [9.17, 15) is 62.4 Å². The number of piperidine rings is 4. The molecule has 92 heavy (non-hydrogen) atoms. The number of sulfonamides is 2. The van der Waals surface area contributed by atoms with Gasteiger partial charge in [0.05, 0.1) is 24.4 Å². The van der Waals surface area contributed by atoms with Gasteiger partial charge >= 0.3 is 0 Å². The number of amides is 2. The van der Waals surface area contributed by atoms with Crippen molar-refractivity contribution >= 4 is 105 Å². The number of hydrogen-bond acceptors (Lipinski definition) is 11. The Morgan fingerprint density at radius 1 is 0.554 bits per heavy atom. The molecule has 0 saturated carbocycles. The van der Waals surface area contributed by atoms with Gasteiger partial charge in [0.2, 0.25) is 31.9 Å². The average molecular weight is 1390 g/mol. The van der Waals surface area contributed by atoms with Gasteiger partial charge in [0.15, 0.2) is 34.9 Å². The summed E-state index contributed by atoms with van der Waals surface area (Å²) in [4.78, 5) is 63.5. The van der Waals surface area contributed by atoms with E-state index in [0.29, 0.717) is 86.9 Å². The number of nitrogens with one attached hydrogen (secondary N) is 5. The second kappa shape index (κ2) is 33.8. The van der Waals surface area contributed by atoms with E-state index in [1.165, 1.54) is 55.8 Å². The van der Waals surface area contributed by atoms with Crippen LogP contribution in [0.3, 0.4) is 0 Å². The van der Waals surface area contributed by atoms with Crippen LogP contribution in [0.15, 0.2) is 85.2 Å². The Balaban J connectivity index is 0.000000201. The summed E-state index contributed by atoms with van der Waals surface area (Å²) < 4.78 is 130. The highest BCUT2D eigenvalue weighted by Crippen LogP contribution is 2.36. The molecule has 5 N–H and O–H groups in total. The minimum absolute atomic E-state index is 0.0392. The molecule has 4 aliphatic heterocycles. The Morgan fingerprint density at radius 3 is 1.29 bits per heavy atom. The van der Waals surface area contributed by atoms with Gasteiger partial charge in [-0.3, -0.25) is 33.5 Å². The molecular formula is C66H82BrF6N9O8S2. The number of fused-ring (bicyclic) bond motifs is 2. The SMILES string of the molecule is CCN(CC)CC.CS(=O)(=O)Nc1ccc2[nH]cc(C3CCN(CC(=O)C4CCN(C(=O)/C=C/c5cc(F)c(F)c(F)c5)CC4)CC3)c2c1.CS(=O)(=O)Nc1ccc2[nH]cc(C3CCNCC3)c2c1.O=C(CBr)C1CCN(C(=O)/C=C/c2cc(F)c(F)c(F)c2)CC1. The maximum absolute atomic E-state index is 13.4. The molecule has 0 aliphatic carbocycles. The van der Waals surface area contributed by atoms with E-state index < -0.39 is 54.9 Å². The van der Waals surface area contributed by atoms with E-state index in [1.807, 2.05) is 30.5 Å². The second-order valence-electron chi connectivity index (χ2n) is 23.5. The Labute approximate surface area is 543 Å². The molecule has 0 atom stereocenters. The first kappa shape index (κ1) is 72.6. The molecule has 4 aromatic carbocycles. The van der Waals surface area contributed by atoms with Crippen LogP contribution in [-0.2, 0) is 39.2 Å². The lowest BCUT2D eigenvalue weighted by Crippen LogP contribution is -2.43. The fourth-order valence-corrected chi connectivity index (χ4v) is 13.5. The number of carbonyl (C=O) groups is 4. The lowest BCUT2D eigenvalue weighted by atomic mass is 9.88. The van der Waals surface area contributed by atoms with Crippen molar-refractivity contribution in [3.63, 3.8) is 0 Å². The van der Waals surface area contributed by atoms with Gasteiger partial charge in [-0.1, -0.05) is 36.7 Å². The van der Waals surface area contributed by atoms with E-state index in [0.717, 1.165) is 110 Å². The first-order valence-corrected chi connectivity index (χ1v) is 35.8. The lowest BCUT2D eigenvalue weighted by molar-refractivity contribution is -0.131. The predicted octanol–water partition coefficient (Wildman–Crippen LogP) is 11.3. The molecule has 4 fully saturated rings. The molecule has 500 valence electrons. The van der Waals surface area contributed by atoms with Gasteiger partial charge in [-0.25, -0.2) is 43.2 Å². The number of carbonyl (C=O) groups excluding carboxylic acids is 4.